The second-order valence-corrected chi connectivity index (χ2v) is 6.85. The minimum atomic E-state index is -3.51. The summed E-state index contributed by atoms with van der Waals surface area (Å²) in [5.41, 5.74) is 0.694. The number of ether oxygens (including phenoxy) is 1. The highest BCUT2D eigenvalue weighted by atomic mass is 32.2. The van der Waals surface area contributed by atoms with Gasteiger partial charge in [0.15, 0.2) is 0 Å². The molecule has 20 heavy (non-hydrogen) atoms. The van der Waals surface area contributed by atoms with Crippen LogP contribution in [-0.2, 0) is 14.8 Å². The smallest absolute Gasteiger partial charge is 0.240 e. The Morgan fingerprint density at radius 2 is 2.05 bits per heavy atom. The van der Waals surface area contributed by atoms with Crippen molar-refractivity contribution in [2.75, 3.05) is 13.2 Å². The third-order valence-corrected chi connectivity index (χ3v) is 4.89. The van der Waals surface area contributed by atoms with E-state index in [9.17, 15) is 13.5 Å². The molecule has 1 heterocycles. The van der Waals surface area contributed by atoms with E-state index in [2.05, 4.69) is 4.72 Å². The quantitative estimate of drug-likeness (QED) is 0.865. The van der Waals surface area contributed by atoms with Gasteiger partial charge in [0.2, 0.25) is 10.0 Å². The van der Waals surface area contributed by atoms with Crippen LogP contribution in [0.2, 0.25) is 0 Å². The number of sulfonamides is 1. The number of hydrogen-bond acceptors (Lipinski definition) is 4. The van der Waals surface area contributed by atoms with E-state index in [1.807, 2.05) is 0 Å². The SMILES string of the molecule is CC(O)c1ccc(S(=O)(=O)NCC2CCCCO2)cc1. The first-order valence-electron chi connectivity index (χ1n) is 6.88. The summed E-state index contributed by atoms with van der Waals surface area (Å²) < 4.78 is 32.3. The van der Waals surface area contributed by atoms with Crippen LogP contribution in [0.5, 0.6) is 0 Å². The van der Waals surface area contributed by atoms with Crippen LogP contribution < -0.4 is 4.72 Å². The highest BCUT2D eigenvalue weighted by molar-refractivity contribution is 7.89. The third-order valence-electron chi connectivity index (χ3n) is 3.45. The minimum Gasteiger partial charge on any atom is -0.389 e. The van der Waals surface area contributed by atoms with Crippen molar-refractivity contribution in [1.82, 2.24) is 4.72 Å². The molecule has 0 bridgehead atoms. The molecule has 112 valence electrons. The lowest BCUT2D eigenvalue weighted by atomic mass is 10.1. The third kappa shape index (κ3) is 4.02. The second kappa shape index (κ2) is 6.67. The van der Waals surface area contributed by atoms with Crippen LogP contribution in [0, 0.1) is 0 Å². The van der Waals surface area contributed by atoms with Gasteiger partial charge in [0, 0.05) is 13.2 Å². The Bertz CT molecular complexity index is 519. The van der Waals surface area contributed by atoms with Gasteiger partial charge in [-0.1, -0.05) is 12.1 Å². The maximum Gasteiger partial charge on any atom is 0.240 e. The fourth-order valence-corrected chi connectivity index (χ4v) is 3.25. The molecule has 2 rings (SSSR count). The van der Waals surface area contributed by atoms with Crippen molar-refractivity contribution in [3.8, 4) is 0 Å². The Kier molecular flexibility index (Phi) is 5.15. The van der Waals surface area contributed by atoms with E-state index >= 15 is 0 Å². The lowest BCUT2D eigenvalue weighted by Crippen LogP contribution is -2.35. The van der Waals surface area contributed by atoms with Gasteiger partial charge in [-0.3, -0.25) is 0 Å². The molecule has 1 aliphatic heterocycles. The molecule has 1 fully saturated rings. The lowest BCUT2D eigenvalue weighted by Gasteiger charge is -2.22. The number of aliphatic hydroxyl groups is 1. The van der Waals surface area contributed by atoms with Crippen molar-refractivity contribution < 1.29 is 18.3 Å². The molecule has 1 aromatic rings. The van der Waals surface area contributed by atoms with Gasteiger partial charge >= 0.3 is 0 Å². The number of nitrogens with one attached hydrogen (secondary N) is 1. The van der Waals surface area contributed by atoms with Crippen LogP contribution in [0.4, 0.5) is 0 Å². The van der Waals surface area contributed by atoms with Crippen molar-refractivity contribution >= 4 is 10.0 Å². The van der Waals surface area contributed by atoms with Gasteiger partial charge in [-0.25, -0.2) is 13.1 Å². The van der Waals surface area contributed by atoms with E-state index in [0.717, 1.165) is 19.3 Å². The van der Waals surface area contributed by atoms with Crippen molar-refractivity contribution in [3.63, 3.8) is 0 Å². The summed E-state index contributed by atoms with van der Waals surface area (Å²) in [6.07, 6.45) is 2.38. The maximum absolute atomic E-state index is 12.1. The van der Waals surface area contributed by atoms with Crippen molar-refractivity contribution in [2.45, 2.75) is 43.3 Å². The lowest BCUT2D eigenvalue weighted by molar-refractivity contribution is 0.0200. The summed E-state index contributed by atoms with van der Waals surface area (Å²) in [4.78, 5) is 0.206. The number of hydrogen-bond donors (Lipinski definition) is 2. The van der Waals surface area contributed by atoms with Crippen LogP contribution in [-0.4, -0.2) is 32.8 Å². The fourth-order valence-electron chi connectivity index (χ4n) is 2.18. The predicted molar refractivity (Wildman–Crippen MR) is 75.9 cm³/mol. The van der Waals surface area contributed by atoms with Crippen LogP contribution in [0.1, 0.15) is 37.9 Å². The van der Waals surface area contributed by atoms with Gasteiger partial charge in [0.1, 0.15) is 0 Å². The summed E-state index contributed by atoms with van der Waals surface area (Å²) in [7, 11) is -3.51. The maximum atomic E-state index is 12.1. The molecule has 2 unspecified atom stereocenters. The Labute approximate surface area is 120 Å². The standard InChI is InChI=1S/C14H21NO4S/c1-11(16)12-5-7-14(8-6-12)20(17,18)15-10-13-4-2-3-9-19-13/h5-8,11,13,15-16H,2-4,9-10H2,1H3. The molecule has 0 radical (unpaired) electrons. The van der Waals surface area contributed by atoms with E-state index < -0.39 is 16.1 Å². The summed E-state index contributed by atoms with van der Waals surface area (Å²) in [5.74, 6) is 0. The first kappa shape index (κ1) is 15.4. The predicted octanol–water partition coefficient (Wildman–Crippen LogP) is 1.59. The highest BCUT2D eigenvalue weighted by Crippen LogP contribution is 2.17. The zero-order valence-electron chi connectivity index (χ0n) is 11.6. The molecule has 1 aromatic carbocycles. The number of rotatable bonds is 5. The van der Waals surface area contributed by atoms with E-state index in [1.54, 1.807) is 19.1 Å². The zero-order valence-corrected chi connectivity index (χ0v) is 12.4. The molecule has 0 saturated carbocycles. The second-order valence-electron chi connectivity index (χ2n) is 5.09. The van der Waals surface area contributed by atoms with Crippen LogP contribution in [0.3, 0.4) is 0 Å². The summed E-state index contributed by atoms with van der Waals surface area (Å²) in [5, 5.41) is 9.41. The van der Waals surface area contributed by atoms with Gasteiger partial charge in [-0.05, 0) is 43.9 Å². The molecule has 0 spiro atoms. The summed E-state index contributed by atoms with van der Waals surface area (Å²) in [6.45, 7) is 2.65. The van der Waals surface area contributed by atoms with Gasteiger partial charge in [-0.2, -0.15) is 0 Å². The topological polar surface area (TPSA) is 75.6 Å². The monoisotopic (exact) mass is 299 g/mol. The number of aliphatic hydroxyl groups excluding tert-OH is 1. The summed E-state index contributed by atoms with van der Waals surface area (Å²) >= 11 is 0. The van der Waals surface area contributed by atoms with Crippen molar-refractivity contribution in [3.05, 3.63) is 29.8 Å². The Morgan fingerprint density at radius 3 is 2.60 bits per heavy atom. The number of benzene rings is 1. The molecule has 0 aliphatic carbocycles. The molecular formula is C14H21NO4S. The molecule has 6 heteroatoms. The van der Waals surface area contributed by atoms with Crippen molar-refractivity contribution in [2.24, 2.45) is 0 Å². The average molecular weight is 299 g/mol. The zero-order chi connectivity index (χ0) is 14.6. The molecule has 1 saturated heterocycles. The van der Waals surface area contributed by atoms with Crippen LogP contribution >= 0.6 is 0 Å². The van der Waals surface area contributed by atoms with Gasteiger partial charge in [0.25, 0.3) is 0 Å². The molecule has 2 atom stereocenters. The van der Waals surface area contributed by atoms with Crippen molar-refractivity contribution in [1.29, 1.82) is 0 Å². The highest BCUT2D eigenvalue weighted by Gasteiger charge is 2.19. The van der Waals surface area contributed by atoms with Gasteiger partial charge in [0.05, 0.1) is 17.1 Å². The minimum absolute atomic E-state index is 0.0322. The molecular weight excluding hydrogens is 278 g/mol. The van der Waals surface area contributed by atoms with E-state index in [-0.39, 0.29) is 11.0 Å². The normalized spacial score (nSPS) is 21.6. The Balaban J connectivity index is 1.98. The molecule has 1 aliphatic rings. The largest absolute Gasteiger partial charge is 0.389 e. The molecule has 0 amide bonds. The molecule has 5 nitrogen and oxygen atoms in total. The van der Waals surface area contributed by atoms with Crippen LogP contribution in [0.15, 0.2) is 29.2 Å². The van der Waals surface area contributed by atoms with E-state index in [1.165, 1.54) is 12.1 Å². The van der Waals surface area contributed by atoms with Gasteiger partial charge in [-0.15, -0.1) is 0 Å². The average Bonchev–Trinajstić information content (AvgIpc) is 2.46. The molecule has 2 N–H and O–H groups in total. The fraction of sp³-hybridized carbons (Fsp3) is 0.571. The Hall–Kier alpha value is -0.950. The summed E-state index contributed by atoms with van der Waals surface area (Å²) in [6, 6.07) is 6.25. The Morgan fingerprint density at radius 1 is 1.35 bits per heavy atom. The van der Waals surface area contributed by atoms with Crippen LogP contribution in [0.25, 0.3) is 0 Å². The first-order valence-corrected chi connectivity index (χ1v) is 8.36. The van der Waals surface area contributed by atoms with E-state index in [0.29, 0.717) is 18.7 Å². The van der Waals surface area contributed by atoms with E-state index in [4.69, 9.17) is 4.74 Å². The molecule has 0 aromatic heterocycles. The first-order chi connectivity index (χ1) is 9.49. The van der Waals surface area contributed by atoms with Gasteiger partial charge < -0.3 is 9.84 Å².